The number of hydrogen-bond acceptors (Lipinski definition) is 4. The summed E-state index contributed by atoms with van der Waals surface area (Å²) >= 11 is 0. The van der Waals surface area contributed by atoms with Crippen molar-refractivity contribution < 1.29 is 14.4 Å². The Morgan fingerprint density at radius 2 is 1.95 bits per heavy atom. The monoisotopic (exact) mass is 255 g/mol. The summed E-state index contributed by atoms with van der Waals surface area (Å²) in [7, 11) is 0. The summed E-state index contributed by atoms with van der Waals surface area (Å²) in [6, 6.07) is 13.6. The molecule has 0 saturated heterocycles. The van der Waals surface area contributed by atoms with Crippen LogP contribution in [0, 0.1) is 0 Å². The zero-order valence-electron chi connectivity index (χ0n) is 10.5. The van der Waals surface area contributed by atoms with Gasteiger partial charge >= 0.3 is 0 Å². The van der Waals surface area contributed by atoms with Crippen molar-refractivity contribution in [3.8, 4) is 5.75 Å². The van der Waals surface area contributed by atoms with Crippen LogP contribution in [0.2, 0.25) is 0 Å². The number of oxime groups is 1. The van der Waals surface area contributed by atoms with Crippen molar-refractivity contribution in [3.05, 3.63) is 42.5 Å². The highest BCUT2D eigenvalue weighted by atomic mass is 16.5. The van der Waals surface area contributed by atoms with Gasteiger partial charge in [0.05, 0.1) is 5.71 Å². The maximum atomic E-state index is 8.59. The third kappa shape index (κ3) is 2.12. The first-order valence-corrected chi connectivity index (χ1v) is 5.99. The molecule has 4 heteroatoms. The first-order chi connectivity index (χ1) is 9.28. The molecule has 4 nitrogen and oxygen atoms in total. The molecule has 1 aromatic heterocycles. The Hall–Kier alpha value is -2.49. The van der Waals surface area contributed by atoms with Gasteiger partial charge in [-0.1, -0.05) is 23.4 Å². The standard InChI is InChI=1S/C15H13NO3/c1-10(16-17)9-18-11-6-7-15-13(8-11)12-4-2-3-5-14(12)19-15/h2-8,17H,9H2,1H3/b16-10+. The number of furan rings is 1. The van der Waals surface area contributed by atoms with E-state index in [9.17, 15) is 0 Å². The molecule has 1 N–H and O–H groups in total. The van der Waals surface area contributed by atoms with Crippen LogP contribution in [-0.4, -0.2) is 17.5 Å². The predicted molar refractivity (Wildman–Crippen MR) is 74.1 cm³/mol. The van der Waals surface area contributed by atoms with Gasteiger partial charge in [-0.25, -0.2) is 0 Å². The second-order valence-electron chi connectivity index (χ2n) is 4.38. The van der Waals surface area contributed by atoms with E-state index in [0.717, 1.165) is 27.7 Å². The van der Waals surface area contributed by atoms with Gasteiger partial charge in [0.15, 0.2) is 0 Å². The van der Waals surface area contributed by atoms with Crippen molar-refractivity contribution in [1.29, 1.82) is 0 Å². The van der Waals surface area contributed by atoms with E-state index in [0.29, 0.717) is 5.71 Å². The maximum Gasteiger partial charge on any atom is 0.135 e. The van der Waals surface area contributed by atoms with Gasteiger partial charge in [-0.15, -0.1) is 0 Å². The Bertz CT molecular complexity index is 758. The van der Waals surface area contributed by atoms with E-state index in [2.05, 4.69) is 5.16 Å². The molecule has 96 valence electrons. The third-order valence-corrected chi connectivity index (χ3v) is 2.97. The Morgan fingerprint density at radius 1 is 1.16 bits per heavy atom. The zero-order valence-corrected chi connectivity index (χ0v) is 10.5. The first-order valence-electron chi connectivity index (χ1n) is 5.99. The third-order valence-electron chi connectivity index (χ3n) is 2.97. The van der Waals surface area contributed by atoms with Gasteiger partial charge in [-0.05, 0) is 31.2 Å². The molecule has 0 saturated carbocycles. The normalized spacial score (nSPS) is 12.2. The molecule has 3 aromatic rings. The Kier molecular flexibility index (Phi) is 2.83. The molecule has 2 aromatic carbocycles. The van der Waals surface area contributed by atoms with E-state index in [1.165, 1.54) is 0 Å². The van der Waals surface area contributed by atoms with Crippen molar-refractivity contribution in [1.82, 2.24) is 0 Å². The summed E-state index contributed by atoms with van der Waals surface area (Å²) in [5.41, 5.74) is 2.22. The van der Waals surface area contributed by atoms with Crippen LogP contribution in [0.5, 0.6) is 5.75 Å². The number of benzene rings is 2. The molecule has 0 spiro atoms. The molecule has 0 atom stereocenters. The van der Waals surface area contributed by atoms with Gasteiger partial charge in [-0.3, -0.25) is 0 Å². The summed E-state index contributed by atoms with van der Waals surface area (Å²) in [5, 5.41) is 13.8. The fourth-order valence-corrected chi connectivity index (χ4v) is 2.01. The van der Waals surface area contributed by atoms with Crippen molar-refractivity contribution in [2.24, 2.45) is 5.16 Å². The maximum absolute atomic E-state index is 8.59. The number of hydrogen-bond donors (Lipinski definition) is 1. The number of ether oxygens (including phenoxy) is 1. The lowest BCUT2D eigenvalue weighted by Gasteiger charge is -2.04. The lowest BCUT2D eigenvalue weighted by molar-refractivity contribution is 0.307. The first kappa shape index (κ1) is 11.6. The second-order valence-corrected chi connectivity index (χ2v) is 4.38. The van der Waals surface area contributed by atoms with Crippen molar-refractivity contribution in [2.75, 3.05) is 6.61 Å². The SMILES string of the molecule is C/C(COc1ccc2oc3ccccc3c2c1)=N\O. The van der Waals surface area contributed by atoms with Crippen LogP contribution in [0.25, 0.3) is 21.9 Å². The van der Waals surface area contributed by atoms with Gasteiger partial charge in [-0.2, -0.15) is 0 Å². The average Bonchev–Trinajstić information content (AvgIpc) is 2.82. The molecule has 0 aliphatic heterocycles. The van der Waals surface area contributed by atoms with Gasteiger partial charge in [0, 0.05) is 10.8 Å². The van der Waals surface area contributed by atoms with Crippen molar-refractivity contribution in [3.63, 3.8) is 0 Å². The summed E-state index contributed by atoms with van der Waals surface area (Å²) in [5.74, 6) is 0.724. The number of fused-ring (bicyclic) bond motifs is 3. The summed E-state index contributed by atoms with van der Waals surface area (Å²) in [6.45, 7) is 1.96. The molecule has 0 radical (unpaired) electrons. The minimum absolute atomic E-state index is 0.262. The van der Waals surface area contributed by atoms with Crippen LogP contribution in [-0.2, 0) is 0 Å². The largest absolute Gasteiger partial charge is 0.488 e. The Morgan fingerprint density at radius 3 is 2.79 bits per heavy atom. The van der Waals surface area contributed by atoms with Gasteiger partial charge < -0.3 is 14.4 Å². The highest BCUT2D eigenvalue weighted by Gasteiger charge is 2.07. The summed E-state index contributed by atoms with van der Waals surface area (Å²) in [6.07, 6.45) is 0. The van der Waals surface area contributed by atoms with Gasteiger partial charge in [0.25, 0.3) is 0 Å². The molecule has 0 amide bonds. The minimum atomic E-state index is 0.262. The topological polar surface area (TPSA) is 55.0 Å². The highest BCUT2D eigenvalue weighted by Crippen LogP contribution is 2.31. The van der Waals surface area contributed by atoms with Crippen molar-refractivity contribution >= 4 is 27.7 Å². The quantitative estimate of drug-likeness (QED) is 0.440. The molecule has 0 aliphatic rings. The number of para-hydroxylation sites is 1. The summed E-state index contributed by atoms with van der Waals surface area (Å²) in [4.78, 5) is 0. The van der Waals surface area contributed by atoms with E-state index in [-0.39, 0.29) is 6.61 Å². The highest BCUT2D eigenvalue weighted by molar-refractivity contribution is 6.05. The molecular formula is C15H13NO3. The van der Waals surface area contributed by atoms with Crippen molar-refractivity contribution in [2.45, 2.75) is 6.92 Å². The van der Waals surface area contributed by atoms with E-state index in [4.69, 9.17) is 14.4 Å². The van der Waals surface area contributed by atoms with Crippen LogP contribution < -0.4 is 4.74 Å². The lowest BCUT2D eigenvalue weighted by atomic mass is 10.1. The molecule has 19 heavy (non-hydrogen) atoms. The minimum Gasteiger partial charge on any atom is -0.488 e. The average molecular weight is 255 g/mol. The molecule has 0 fully saturated rings. The Balaban J connectivity index is 2.02. The van der Waals surface area contributed by atoms with Gasteiger partial charge in [0.1, 0.15) is 23.5 Å². The summed E-state index contributed by atoms with van der Waals surface area (Å²) < 4.78 is 11.3. The predicted octanol–water partition coefficient (Wildman–Crippen LogP) is 3.81. The van der Waals surface area contributed by atoms with E-state index in [1.807, 2.05) is 42.5 Å². The van der Waals surface area contributed by atoms with Gasteiger partial charge in [0.2, 0.25) is 0 Å². The molecule has 1 heterocycles. The number of rotatable bonds is 3. The smallest absolute Gasteiger partial charge is 0.135 e. The van der Waals surface area contributed by atoms with Crippen LogP contribution in [0.3, 0.4) is 0 Å². The van der Waals surface area contributed by atoms with Crippen LogP contribution in [0.15, 0.2) is 52.0 Å². The number of nitrogens with zero attached hydrogens (tertiary/aromatic N) is 1. The van der Waals surface area contributed by atoms with E-state index < -0.39 is 0 Å². The van der Waals surface area contributed by atoms with E-state index in [1.54, 1.807) is 6.92 Å². The van der Waals surface area contributed by atoms with Crippen LogP contribution >= 0.6 is 0 Å². The van der Waals surface area contributed by atoms with Crippen LogP contribution in [0.4, 0.5) is 0 Å². The lowest BCUT2D eigenvalue weighted by Crippen LogP contribution is -2.07. The molecule has 0 unspecified atom stereocenters. The fraction of sp³-hybridized carbons (Fsp3) is 0.133. The molecule has 0 aliphatic carbocycles. The van der Waals surface area contributed by atoms with E-state index >= 15 is 0 Å². The zero-order chi connectivity index (χ0) is 13.2. The second kappa shape index (κ2) is 4.65. The molecule has 0 bridgehead atoms. The molecule has 3 rings (SSSR count). The Labute approximate surface area is 109 Å². The van der Waals surface area contributed by atoms with Crippen LogP contribution in [0.1, 0.15) is 6.92 Å². The fourth-order valence-electron chi connectivity index (χ4n) is 2.01. The molecular weight excluding hydrogens is 242 g/mol.